The van der Waals surface area contributed by atoms with Gasteiger partial charge in [0.1, 0.15) is 0 Å². The first-order chi connectivity index (χ1) is 9.36. The molecule has 1 saturated heterocycles. The molecule has 1 spiro atoms. The zero-order valence-electron chi connectivity index (χ0n) is 11.8. The van der Waals surface area contributed by atoms with Crippen molar-refractivity contribution in [2.45, 2.75) is 44.1 Å². The molecule has 2 heteroatoms. The fourth-order valence-corrected chi connectivity index (χ4v) is 3.59. The first-order valence-electron chi connectivity index (χ1n) is 7.77. The lowest BCUT2D eigenvalue weighted by atomic mass is 9.99. The summed E-state index contributed by atoms with van der Waals surface area (Å²) in [7, 11) is 0. The summed E-state index contributed by atoms with van der Waals surface area (Å²) in [4.78, 5) is 2.62. The number of ether oxygens (including phenoxy) is 1. The highest BCUT2D eigenvalue weighted by atomic mass is 16.5. The van der Waals surface area contributed by atoms with Crippen LogP contribution in [0.5, 0.6) is 0 Å². The lowest BCUT2D eigenvalue weighted by molar-refractivity contribution is -0.104. The Balaban J connectivity index is 1.45. The van der Waals surface area contributed by atoms with Crippen molar-refractivity contribution in [3.8, 4) is 0 Å². The highest BCUT2D eigenvalue weighted by molar-refractivity contribution is 5.14. The van der Waals surface area contributed by atoms with Crippen molar-refractivity contribution < 1.29 is 4.74 Å². The minimum atomic E-state index is 0.227. The molecule has 1 heterocycles. The fraction of sp³-hybridized carbons (Fsp3) is 0.647. The Morgan fingerprint density at radius 2 is 1.89 bits per heavy atom. The maximum absolute atomic E-state index is 6.08. The molecule has 0 aromatic heterocycles. The molecule has 2 aliphatic rings. The van der Waals surface area contributed by atoms with Crippen molar-refractivity contribution in [3.05, 3.63) is 35.9 Å². The molecule has 0 bridgehead atoms. The van der Waals surface area contributed by atoms with Crippen LogP contribution in [0.3, 0.4) is 0 Å². The van der Waals surface area contributed by atoms with Gasteiger partial charge in [0.2, 0.25) is 0 Å². The van der Waals surface area contributed by atoms with Crippen LogP contribution in [0.2, 0.25) is 0 Å². The summed E-state index contributed by atoms with van der Waals surface area (Å²) in [6, 6.07) is 10.8. The van der Waals surface area contributed by atoms with E-state index in [2.05, 4.69) is 35.2 Å². The monoisotopic (exact) mass is 259 g/mol. The van der Waals surface area contributed by atoms with E-state index in [0.29, 0.717) is 0 Å². The predicted octanol–water partition coefficient (Wildman–Crippen LogP) is 3.26. The Morgan fingerprint density at radius 1 is 1.11 bits per heavy atom. The molecule has 1 aliphatic heterocycles. The predicted molar refractivity (Wildman–Crippen MR) is 78.4 cm³/mol. The summed E-state index contributed by atoms with van der Waals surface area (Å²) >= 11 is 0. The zero-order valence-corrected chi connectivity index (χ0v) is 11.8. The zero-order chi connectivity index (χ0) is 13.0. The molecule has 0 unspecified atom stereocenters. The van der Waals surface area contributed by atoms with Crippen molar-refractivity contribution in [1.82, 2.24) is 4.90 Å². The molecule has 3 rings (SSSR count). The van der Waals surface area contributed by atoms with E-state index in [-0.39, 0.29) is 5.60 Å². The number of nitrogens with zero attached hydrogens (tertiary/aromatic N) is 1. The Hall–Kier alpha value is -0.860. The van der Waals surface area contributed by atoms with Gasteiger partial charge in [-0.1, -0.05) is 43.2 Å². The lowest BCUT2D eigenvalue weighted by Gasteiger charge is -2.40. The average molecular weight is 259 g/mol. The molecule has 1 saturated carbocycles. The number of aryl methyl sites for hydroxylation is 1. The van der Waals surface area contributed by atoms with Gasteiger partial charge < -0.3 is 4.74 Å². The number of rotatable bonds is 4. The summed E-state index contributed by atoms with van der Waals surface area (Å²) in [5, 5.41) is 0. The number of hydrogen-bond donors (Lipinski definition) is 0. The van der Waals surface area contributed by atoms with Crippen LogP contribution < -0.4 is 0 Å². The molecule has 0 radical (unpaired) electrons. The number of benzene rings is 1. The number of morpholine rings is 1. The van der Waals surface area contributed by atoms with Crippen LogP contribution in [0.15, 0.2) is 30.3 Å². The van der Waals surface area contributed by atoms with Gasteiger partial charge in [0.15, 0.2) is 0 Å². The molecule has 1 aromatic carbocycles. The van der Waals surface area contributed by atoms with E-state index in [1.165, 1.54) is 57.2 Å². The molecule has 104 valence electrons. The molecule has 2 fully saturated rings. The van der Waals surface area contributed by atoms with E-state index in [0.717, 1.165) is 13.2 Å². The van der Waals surface area contributed by atoms with Crippen LogP contribution in [0.1, 0.15) is 37.7 Å². The van der Waals surface area contributed by atoms with Crippen LogP contribution in [0.4, 0.5) is 0 Å². The smallest absolute Gasteiger partial charge is 0.0809 e. The maximum Gasteiger partial charge on any atom is 0.0809 e. The summed E-state index contributed by atoms with van der Waals surface area (Å²) < 4.78 is 6.08. The van der Waals surface area contributed by atoms with Crippen LogP contribution in [0, 0.1) is 0 Å². The van der Waals surface area contributed by atoms with Crippen LogP contribution in [-0.2, 0) is 11.2 Å². The second-order valence-corrected chi connectivity index (χ2v) is 6.10. The Labute approximate surface area is 116 Å². The van der Waals surface area contributed by atoms with E-state index in [9.17, 15) is 0 Å². The number of hydrogen-bond acceptors (Lipinski definition) is 2. The second kappa shape index (κ2) is 6.06. The molecule has 2 nitrogen and oxygen atoms in total. The van der Waals surface area contributed by atoms with Crippen molar-refractivity contribution in [1.29, 1.82) is 0 Å². The third kappa shape index (κ3) is 3.37. The topological polar surface area (TPSA) is 12.5 Å². The summed E-state index contributed by atoms with van der Waals surface area (Å²) in [6.45, 7) is 4.45. The van der Waals surface area contributed by atoms with Gasteiger partial charge in [0, 0.05) is 13.1 Å². The normalized spacial score (nSPS) is 22.9. The summed E-state index contributed by atoms with van der Waals surface area (Å²) in [5.41, 5.74) is 1.69. The third-order valence-corrected chi connectivity index (χ3v) is 4.62. The molecular weight excluding hydrogens is 234 g/mol. The van der Waals surface area contributed by atoms with Crippen molar-refractivity contribution in [3.63, 3.8) is 0 Å². The minimum absolute atomic E-state index is 0.227. The van der Waals surface area contributed by atoms with E-state index in [1.54, 1.807) is 0 Å². The van der Waals surface area contributed by atoms with Crippen molar-refractivity contribution >= 4 is 0 Å². The highest BCUT2D eigenvalue weighted by Crippen LogP contribution is 2.35. The van der Waals surface area contributed by atoms with E-state index in [1.807, 2.05) is 0 Å². The van der Waals surface area contributed by atoms with Gasteiger partial charge in [-0.15, -0.1) is 0 Å². The second-order valence-electron chi connectivity index (χ2n) is 6.10. The maximum atomic E-state index is 6.08. The Bertz CT molecular complexity index is 384. The fourth-order valence-electron chi connectivity index (χ4n) is 3.59. The molecule has 0 atom stereocenters. The summed E-state index contributed by atoms with van der Waals surface area (Å²) in [6.07, 6.45) is 7.74. The van der Waals surface area contributed by atoms with Crippen LogP contribution in [0.25, 0.3) is 0 Å². The highest BCUT2D eigenvalue weighted by Gasteiger charge is 2.38. The lowest BCUT2D eigenvalue weighted by Crippen LogP contribution is -2.50. The van der Waals surface area contributed by atoms with E-state index < -0.39 is 0 Å². The first-order valence-corrected chi connectivity index (χ1v) is 7.77. The first kappa shape index (κ1) is 13.1. The Kier molecular flexibility index (Phi) is 4.19. The quantitative estimate of drug-likeness (QED) is 0.823. The SMILES string of the molecule is c1ccc(CCCN2CCOC3(CCCC3)C2)cc1. The Morgan fingerprint density at radius 3 is 2.68 bits per heavy atom. The van der Waals surface area contributed by atoms with Crippen LogP contribution >= 0.6 is 0 Å². The largest absolute Gasteiger partial charge is 0.372 e. The van der Waals surface area contributed by atoms with Gasteiger partial charge in [-0.2, -0.15) is 0 Å². The molecule has 0 N–H and O–H groups in total. The van der Waals surface area contributed by atoms with E-state index >= 15 is 0 Å². The molecule has 1 aliphatic carbocycles. The third-order valence-electron chi connectivity index (χ3n) is 4.62. The molecule has 1 aromatic rings. The van der Waals surface area contributed by atoms with Crippen molar-refractivity contribution in [2.24, 2.45) is 0 Å². The van der Waals surface area contributed by atoms with Gasteiger partial charge in [0.25, 0.3) is 0 Å². The minimum Gasteiger partial charge on any atom is -0.372 e. The molecule has 0 amide bonds. The van der Waals surface area contributed by atoms with Gasteiger partial charge in [-0.05, 0) is 37.8 Å². The van der Waals surface area contributed by atoms with Crippen LogP contribution in [-0.4, -0.2) is 36.7 Å². The molecular formula is C17H25NO. The van der Waals surface area contributed by atoms with Gasteiger partial charge in [-0.25, -0.2) is 0 Å². The van der Waals surface area contributed by atoms with E-state index in [4.69, 9.17) is 4.74 Å². The standard InChI is InChI=1S/C17H25NO/c1-2-7-16(8-3-1)9-6-12-18-13-14-19-17(15-18)10-4-5-11-17/h1-3,7-8H,4-6,9-15H2. The van der Waals surface area contributed by atoms with Crippen molar-refractivity contribution in [2.75, 3.05) is 26.2 Å². The summed E-state index contributed by atoms with van der Waals surface area (Å²) in [5.74, 6) is 0. The van der Waals surface area contributed by atoms with Gasteiger partial charge in [-0.3, -0.25) is 4.90 Å². The van der Waals surface area contributed by atoms with Gasteiger partial charge >= 0.3 is 0 Å². The average Bonchev–Trinajstić information content (AvgIpc) is 2.88. The molecule has 19 heavy (non-hydrogen) atoms. The van der Waals surface area contributed by atoms with Gasteiger partial charge in [0.05, 0.1) is 12.2 Å².